The smallest absolute Gasteiger partial charge is 0.256 e. The Morgan fingerprint density at radius 2 is 1.56 bits per heavy atom. The molecule has 0 radical (unpaired) electrons. The number of hydrogen-bond acceptors (Lipinski definition) is 5. The molecule has 4 saturated carbocycles. The van der Waals surface area contributed by atoms with E-state index in [9.17, 15) is 22.8 Å². The van der Waals surface area contributed by atoms with E-state index >= 15 is 0 Å². The first kappa shape index (κ1) is 18.9. The fourth-order valence-electron chi connectivity index (χ4n) is 5.68. The van der Waals surface area contributed by atoms with Crippen LogP contribution in [0.15, 0.2) is 0 Å². The number of carbonyl (C=O) groups is 3. The Hall–Kier alpha value is -1.44. The zero-order valence-corrected chi connectivity index (χ0v) is 16.5. The monoisotopic (exact) mass is 396 g/mol. The van der Waals surface area contributed by atoms with Crippen LogP contribution in [0.4, 0.5) is 0 Å². The molecular formula is C19H28N2O5S. The van der Waals surface area contributed by atoms with Crippen molar-refractivity contribution >= 4 is 27.7 Å². The van der Waals surface area contributed by atoms with Crippen LogP contribution in [0, 0.1) is 23.7 Å². The van der Waals surface area contributed by atoms with Crippen LogP contribution >= 0.6 is 0 Å². The third-order valence-corrected chi connectivity index (χ3v) is 9.13. The number of sulfonamides is 1. The maximum Gasteiger partial charge on any atom is 0.256 e. The molecule has 5 aliphatic rings. The summed E-state index contributed by atoms with van der Waals surface area (Å²) in [4.78, 5) is 39.0. The van der Waals surface area contributed by atoms with Gasteiger partial charge in [0.1, 0.15) is 6.04 Å². The first-order valence-corrected chi connectivity index (χ1v) is 11.8. The van der Waals surface area contributed by atoms with E-state index in [-0.39, 0.29) is 29.6 Å². The molecule has 1 aliphatic heterocycles. The van der Waals surface area contributed by atoms with Gasteiger partial charge >= 0.3 is 0 Å². The summed E-state index contributed by atoms with van der Waals surface area (Å²) >= 11 is 0. The van der Waals surface area contributed by atoms with Crippen molar-refractivity contribution in [2.24, 2.45) is 23.7 Å². The lowest BCUT2D eigenvalue weighted by molar-refractivity contribution is -0.146. The van der Waals surface area contributed by atoms with Gasteiger partial charge in [-0.15, -0.1) is 0 Å². The molecule has 2 bridgehead atoms. The molecule has 0 aromatic heterocycles. The second-order valence-corrected chi connectivity index (χ2v) is 10.7. The number of rotatable bonds is 4. The molecule has 0 aromatic rings. The van der Waals surface area contributed by atoms with Crippen LogP contribution in [0.1, 0.15) is 64.7 Å². The molecule has 1 saturated heterocycles. The molecule has 0 spiro atoms. The van der Waals surface area contributed by atoms with Crippen LogP contribution in [0.2, 0.25) is 0 Å². The van der Waals surface area contributed by atoms with Crippen molar-refractivity contribution in [2.45, 2.75) is 76.0 Å². The van der Waals surface area contributed by atoms with E-state index in [4.69, 9.17) is 0 Å². The fraction of sp³-hybridized carbons (Fsp3) is 0.842. The van der Waals surface area contributed by atoms with Gasteiger partial charge < -0.3 is 0 Å². The maximum absolute atomic E-state index is 12.8. The van der Waals surface area contributed by atoms with Crippen molar-refractivity contribution in [3.05, 3.63) is 0 Å². The van der Waals surface area contributed by atoms with Crippen LogP contribution in [0.3, 0.4) is 0 Å². The van der Waals surface area contributed by atoms with E-state index < -0.39 is 27.2 Å². The number of amides is 3. The molecule has 5 fully saturated rings. The second-order valence-electron chi connectivity index (χ2n) is 8.79. The molecule has 1 N–H and O–H groups in total. The van der Waals surface area contributed by atoms with Gasteiger partial charge in [-0.25, -0.2) is 8.42 Å². The van der Waals surface area contributed by atoms with Gasteiger partial charge in [-0.1, -0.05) is 25.7 Å². The maximum atomic E-state index is 12.8. The Morgan fingerprint density at radius 1 is 1.00 bits per heavy atom. The fourth-order valence-corrected chi connectivity index (χ4v) is 7.59. The zero-order chi connectivity index (χ0) is 19.3. The molecule has 8 heteroatoms. The summed E-state index contributed by atoms with van der Waals surface area (Å²) in [6.07, 6.45) is 7.70. The Labute approximate surface area is 160 Å². The average Bonchev–Trinajstić information content (AvgIpc) is 2.93. The Morgan fingerprint density at radius 3 is 2.04 bits per heavy atom. The van der Waals surface area contributed by atoms with E-state index in [2.05, 4.69) is 4.72 Å². The molecule has 150 valence electrons. The van der Waals surface area contributed by atoms with Gasteiger partial charge in [0.05, 0.1) is 17.1 Å². The third-order valence-electron chi connectivity index (χ3n) is 7.27. The van der Waals surface area contributed by atoms with Gasteiger partial charge in [0.25, 0.3) is 5.91 Å². The summed E-state index contributed by atoms with van der Waals surface area (Å²) in [5, 5.41) is -0.534. The minimum atomic E-state index is -3.80. The molecule has 1 heterocycles. The van der Waals surface area contributed by atoms with E-state index in [0.29, 0.717) is 25.2 Å². The summed E-state index contributed by atoms with van der Waals surface area (Å²) in [5.74, 6) is -1.55. The number of likely N-dealkylation sites (tertiary alicyclic amines) is 1. The predicted molar refractivity (Wildman–Crippen MR) is 97.7 cm³/mol. The molecule has 0 aromatic carbocycles. The number of fused-ring (bicyclic) bond motifs is 4. The van der Waals surface area contributed by atoms with Gasteiger partial charge in [-0.05, 0) is 50.9 Å². The standard InChI is InChI=1S/C19H28N2O5S/c1-11(21-18(23)14-4-2-3-5-15(14)19(21)24)17(22)20-27(25,26)16-10-12-6-8-13(16)9-7-12/h11-16H,2-10H2,1H3,(H,20,22). The summed E-state index contributed by atoms with van der Waals surface area (Å²) < 4.78 is 27.8. The zero-order valence-electron chi connectivity index (χ0n) is 15.7. The number of nitrogens with zero attached hydrogens (tertiary/aromatic N) is 1. The SMILES string of the molecule is CC(C(=O)NS(=O)(=O)C1CC2CCC1CC2)N1C(=O)C2CCCCC2C1=O. The Kier molecular flexibility index (Phi) is 4.81. The van der Waals surface area contributed by atoms with Crippen molar-refractivity contribution in [2.75, 3.05) is 0 Å². The van der Waals surface area contributed by atoms with Gasteiger partial charge in [-0.2, -0.15) is 0 Å². The highest BCUT2D eigenvalue weighted by Gasteiger charge is 2.51. The summed E-state index contributed by atoms with van der Waals surface area (Å²) in [5.41, 5.74) is 0. The lowest BCUT2D eigenvalue weighted by Gasteiger charge is -2.41. The van der Waals surface area contributed by atoms with Crippen molar-refractivity contribution in [1.82, 2.24) is 9.62 Å². The number of imide groups is 1. The normalized spacial score (nSPS) is 37.2. The van der Waals surface area contributed by atoms with E-state index in [1.165, 1.54) is 6.92 Å². The highest BCUT2D eigenvalue weighted by Crippen LogP contribution is 2.44. The van der Waals surface area contributed by atoms with Gasteiger partial charge in [0.15, 0.2) is 0 Å². The molecule has 5 rings (SSSR count). The molecular weight excluding hydrogens is 368 g/mol. The van der Waals surface area contributed by atoms with Crippen LogP contribution in [0.25, 0.3) is 0 Å². The molecule has 7 nitrogen and oxygen atoms in total. The minimum absolute atomic E-state index is 0.105. The van der Waals surface area contributed by atoms with Gasteiger partial charge in [0.2, 0.25) is 21.8 Å². The predicted octanol–water partition coefficient (Wildman–Crippen LogP) is 1.57. The van der Waals surface area contributed by atoms with E-state index in [1.54, 1.807) is 0 Å². The quantitative estimate of drug-likeness (QED) is 0.727. The number of nitrogens with one attached hydrogen (secondary N) is 1. The summed E-state index contributed by atoms with van der Waals surface area (Å²) in [7, 11) is -3.80. The first-order chi connectivity index (χ1) is 12.8. The Balaban J connectivity index is 1.46. The molecule has 4 aliphatic carbocycles. The average molecular weight is 397 g/mol. The third kappa shape index (κ3) is 3.19. The minimum Gasteiger partial charge on any atom is -0.274 e. The van der Waals surface area contributed by atoms with Crippen LogP contribution in [-0.4, -0.2) is 42.3 Å². The second kappa shape index (κ2) is 6.87. The highest BCUT2D eigenvalue weighted by atomic mass is 32.2. The van der Waals surface area contributed by atoms with E-state index in [0.717, 1.165) is 43.4 Å². The first-order valence-electron chi connectivity index (χ1n) is 10.2. The van der Waals surface area contributed by atoms with E-state index in [1.807, 2.05) is 0 Å². The largest absolute Gasteiger partial charge is 0.274 e. The van der Waals surface area contributed by atoms with Crippen molar-refractivity contribution in [1.29, 1.82) is 0 Å². The van der Waals surface area contributed by atoms with Crippen LogP contribution in [-0.2, 0) is 24.4 Å². The Bertz CT molecular complexity index is 732. The molecule has 4 unspecified atom stereocenters. The van der Waals surface area contributed by atoms with Crippen LogP contribution in [0.5, 0.6) is 0 Å². The van der Waals surface area contributed by atoms with Gasteiger partial charge in [0, 0.05) is 0 Å². The number of hydrogen-bond donors (Lipinski definition) is 1. The molecule has 3 amide bonds. The molecule has 4 atom stereocenters. The van der Waals surface area contributed by atoms with Crippen LogP contribution < -0.4 is 4.72 Å². The summed E-state index contributed by atoms with van der Waals surface area (Å²) in [6, 6.07) is -1.09. The molecule has 27 heavy (non-hydrogen) atoms. The van der Waals surface area contributed by atoms with Gasteiger partial charge in [-0.3, -0.25) is 24.0 Å². The lowest BCUT2D eigenvalue weighted by Crippen LogP contribution is -2.53. The topological polar surface area (TPSA) is 101 Å². The van der Waals surface area contributed by atoms with Crippen molar-refractivity contribution in [3.63, 3.8) is 0 Å². The highest BCUT2D eigenvalue weighted by molar-refractivity contribution is 7.90. The lowest BCUT2D eigenvalue weighted by atomic mass is 9.70. The van der Waals surface area contributed by atoms with Crippen molar-refractivity contribution < 1.29 is 22.8 Å². The summed E-state index contributed by atoms with van der Waals surface area (Å²) in [6.45, 7) is 1.45. The van der Waals surface area contributed by atoms with Crippen molar-refractivity contribution in [3.8, 4) is 0 Å². The number of carbonyl (C=O) groups excluding carboxylic acids is 3.